The molecule has 0 aromatic heterocycles. The second kappa shape index (κ2) is 4.30. The Morgan fingerprint density at radius 2 is 2.00 bits per heavy atom. The van der Waals surface area contributed by atoms with Crippen LogP contribution in [0.5, 0.6) is 0 Å². The summed E-state index contributed by atoms with van der Waals surface area (Å²) in [6.45, 7) is 7.84. The molecule has 0 radical (unpaired) electrons. The van der Waals surface area contributed by atoms with E-state index < -0.39 is 6.10 Å². The van der Waals surface area contributed by atoms with E-state index in [9.17, 15) is 9.90 Å². The Morgan fingerprint density at radius 3 is 2.50 bits per heavy atom. The number of aliphatic hydroxyl groups is 1. The average Bonchev–Trinajstić information content (AvgIpc) is 2.10. The van der Waals surface area contributed by atoms with Gasteiger partial charge >= 0.3 is 5.97 Å². The Bertz CT molecular complexity index is 213. The van der Waals surface area contributed by atoms with Gasteiger partial charge in [0.25, 0.3) is 0 Å². The van der Waals surface area contributed by atoms with Crippen molar-refractivity contribution in [3.05, 3.63) is 0 Å². The number of ether oxygens (including phenoxy) is 1. The summed E-state index contributed by atoms with van der Waals surface area (Å²) in [5.41, 5.74) is 0. The third-order valence-electron chi connectivity index (χ3n) is 2.98. The van der Waals surface area contributed by atoms with E-state index in [0.29, 0.717) is 5.92 Å². The smallest absolute Gasteiger partial charge is 0.311 e. The predicted octanol–water partition coefficient (Wildman–Crippen LogP) is 1.59. The topological polar surface area (TPSA) is 46.5 Å². The van der Waals surface area contributed by atoms with Gasteiger partial charge < -0.3 is 9.84 Å². The highest BCUT2D eigenvalue weighted by Gasteiger charge is 2.40. The zero-order valence-electron chi connectivity index (χ0n) is 9.36. The van der Waals surface area contributed by atoms with Crippen LogP contribution in [-0.4, -0.2) is 23.3 Å². The van der Waals surface area contributed by atoms with Crippen molar-refractivity contribution >= 4 is 5.97 Å². The van der Waals surface area contributed by atoms with Crippen LogP contribution in [0.1, 0.15) is 34.1 Å². The first-order valence-electron chi connectivity index (χ1n) is 5.32. The molecule has 1 aliphatic heterocycles. The lowest BCUT2D eigenvalue weighted by atomic mass is 9.83. The van der Waals surface area contributed by atoms with Crippen molar-refractivity contribution in [2.24, 2.45) is 17.8 Å². The molecule has 0 aliphatic carbocycles. The number of carbonyl (C=O) groups excluding carboxylic acids is 1. The van der Waals surface area contributed by atoms with Gasteiger partial charge in [0.15, 0.2) is 0 Å². The summed E-state index contributed by atoms with van der Waals surface area (Å²) < 4.78 is 5.29. The zero-order chi connectivity index (χ0) is 10.9. The van der Waals surface area contributed by atoms with E-state index in [-0.39, 0.29) is 23.9 Å². The molecule has 1 fully saturated rings. The van der Waals surface area contributed by atoms with Crippen molar-refractivity contribution in [2.75, 3.05) is 0 Å². The standard InChI is InChI=1S/C11H20O3/c1-6(2)5-9-7(3)10(12)8(4)11(13)14-9/h6-10,12H,5H2,1-4H3/t7-,8-,9+,10-/m0/s1. The monoisotopic (exact) mass is 200 g/mol. The fraction of sp³-hybridized carbons (Fsp3) is 0.909. The summed E-state index contributed by atoms with van der Waals surface area (Å²) in [5.74, 6) is -0.115. The minimum absolute atomic E-state index is 0.0464. The first kappa shape index (κ1) is 11.5. The number of esters is 1. The first-order valence-corrected chi connectivity index (χ1v) is 5.32. The van der Waals surface area contributed by atoms with Crippen LogP contribution in [0.15, 0.2) is 0 Å². The van der Waals surface area contributed by atoms with Gasteiger partial charge in [-0.05, 0) is 19.3 Å². The fourth-order valence-corrected chi connectivity index (χ4v) is 1.91. The van der Waals surface area contributed by atoms with E-state index in [1.807, 2.05) is 6.92 Å². The largest absolute Gasteiger partial charge is 0.462 e. The number of carbonyl (C=O) groups is 1. The highest BCUT2D eigenvalue weighted by molar-refractivity contribution is 5.73. The summed E-state index contributed by atoms with van der Waals surface area (Å²) in [6.07, 6.45) is 0.158. The molecule has 14 heavy (non-hydrogen) atoms. The zero-order valence-corrected chi connectivity index (χ0v) is 9.36. The van der Waals surface area contributed by atoms with Gasteiger partial charge in [-0.3, -0.25) is 4.79 Å². The maximum absolute atomic E-state index is 11.4. The Hall–Kier alpha value is -0.570. The maximum Gasteiger partial charge on any atom is 0.311 e. The van der Waals surface area contributed by atoms with Gasteiger partial charge in [0.05, 0.1) is 12.0 Å². The van der Waals surface area contributed by atoms with Gasteiger partial charge in [0.2, 0.25) is 0 Å². The van der Waals surface area contributed by atoms with Crippen LogP contribution < -0.4 is 0 Å². The number of aliphatic hydroxyl groups excluding tert-OH is 1. The third-order valence-corrected chi connectivity index (χ3v) is 2.98. The highest BCUT2D eigenvalue weighted by Crippen LogP contribution is 2.29. The molecule has 82 valence electrons. The molecule has 0 aromatic rings. The minimum atomic E-state index is -0.556. The van der Waals surface area contributed by atoms with E-state index in [1.54, 1.807) is 6.92 Å². The van der Waals surface area contributed by atoms with Crippen LogP contribution in [0, 0.1) is 17.8 Å². The molecule has 0 aromatic carbocycles. The molecule has 0 bridgehead atoms. The lowest BCUT2D eigenvalue weighted by Crippen LogP contribution is -2.46. The summed E-state index contributed by atoms with van der Waals surface area (Å²) in [5, 5.41) is 9.80. The highest BCUT2D eigenvalue weighted by atomic mass is 16.5. The second-order valence-electron chi connectivity index (χ2n) is 4.74. The molecule has 3 heteroatoms. The Morgan fingerprint density at radius 1 is 1.43 bits per heavy atom. The van der Waals surface area contributed by atoms with Crippen LogP contribution in [0.3, 0.4) is 0 Å². The molecule has 4 atom stereocenters. The van der Waals surface area contributed by atoms with Crippen molar-refractivity contribution in [2.45, 2.75) is 46.3 Å². The van der Waals surface area contributed by atoms with E-state index in [4.69, 9.17) is 4.74 Å². The molecule has 0 spiro atoms. The summed E-state index contributed by atoms with van der Waals surface area (Å²) in [6, 6.07) is 0. The molecule has 1 aliphatic rings. The van der Waals surface area contributed by atoms with Crippen molar-refractivity contribution < 1.29 is 14.6 Å². The quantitative estimate of drug-likeness (QED) is 0.688. The number of hydrogen-bond acceptors (Lipinski definition) is 3. The van der Waals surface area contributed by atoms with Gasteiger partial charge in [-0.1, -0.05) is 20.8 Å². The van der Waals surface area contributed by atoms with Crippen molar-refractivity contribution in [1.82, 2.24) is 0 Å². The molecular formula is C11H20O3. The van der Waals surface area contributed by atoms with Gasteiger partial charge in [0, 0.05) is 5.92 Å². The average molecular weight is 200 g/mol. The van der Waals surface area contributed by atoms with Crippen molar-refractivity contribution in [1.29, 1.82) is 0 Å². The van der Waals surface area contributed by atoms with Gasteiger partial charge in [-0.25, -0.2) is 0 Å². The molecule has 3 nitrogen and oxygen atoms in total. The van der Waals surface area contributed by atoms with E-state index in [1.165, 1.54) is 0 Å². The molecule has 1 saturated heterocycles. The predicted molar refractivity (Wildman–Crippen MR) is 53.7 cm³/mol. The molecule has 0 unspecified atom stereocenters. The fourth-order valence-electron chi connectivity index (χ4n) is 1.91. The van der Waals surface area contributed by atoms with E-state index in [2.05, 4.69) is 13.8 Å². The first-order chi connectivity index (χ1) is 6.43. The SMILES string of the molecule is CC(C)C[C@H]1OC(=O)[C@@H](C)[C@@H](O)[C@H]1C. The molecular weight excluding hydrogens is 180 g/mol. The van der Waals surface area contributed by atoms with Gasteiger partial charge in [-0.15, -0.1) is 0 Å². The van der Waals surface area contributed by atoms with Crippen LogP contribution in [0.25, 0.3) is 0 Å². The lowest BCUT2D eigenvalue weighted by Gasteiger charge is -2.37. The van der Waals surface area contributed by atoms with Crippen molar-refractivity contribution in [3.8, 4) is 0 Å². The van der Waals surface area contributed by atoms with Gasteiger partial charge in [0.1, 0.15) is 6.10 Å². The van der Waals surface area contributed by atoms with Crippen LogP contribution in [0.4, 0.5) is 0 Å². The molecule has 1 N–H and O–H groups in total. The van der Waals surface area contributed by atoms with Crippen LogP contribution >= 0.6 is 0 Å². The number of hydrogen-bond donors (Lipinski definition) is 1. The van der Waals surface area contributed by atoms with Crippen LogP contribution in [-0.2, 0) is 9.53 Å². The second-order valence-corrected chi connectivity index (χ2v) is 4.74. The Labute approximate surface area is 85.5 Å². The number of rotatable bonds is 2. The summed E-state index contributed by atoms with van der Waals surface area (Å²) in [4.78, 5) is 11.4. The van der Waals surface area contributed by atoms with Crippen LogP contribution in [0.2, 0.25) is 0 Å². The molecule has 1 rings (SSSR count). The normalized spacial score (nSPS) is 38.6. The third kappa shape index (κ3) is 2.27. The van der Waals surface area contributed by atoms with Gasteiger partial charge in [-0.2, -0.15) is 0 Å². The minimum Gasteiger partial charge on any atom is -0.462 e. The summed E-state index contributed by atoms with van der Waals surface area (Å²) >= 11 is 0. The van der Waals surface area contributed by atoms with E-state index >= 15 is 0 Å². The number of cyclic esters (lactones) is 1. The Kier molecular flexibility index (Phi) is 3.53. The molecule has 0 saturated carbocycles. The lowest BCUT2D eigenvalue weighted by molar-refractivity contribution is -0.178. The van der Waals surface area contributed by atoms with Crippen molar-refractivity contribution in [3.63, 3.8) is 0 Å². The summed E-state index contributed by atoms with van der Waals surface area (Å²) in [7, 11) is 0. The van der Waals surface area contributed by atoms with E-state index in [0.717, 1.165) is 6.42 Å². The molecule has 0 amide bonds. The maximum atomic E-state index is 11.4. The Balaban J connectivity index is 2.65. The molecule has 1 heterocycles.